The Bertz CT molecular complexity index is 1280. The summed E-state index contributed by atoms with van der Waals surface area (Å²) in [7, 11) is 3.06. The second-order valence-corrected chi connectivity index (χ2v) is 9.23. The third kappa shape index (κ3) is 3.53. The van der Waals surface area contributed by atoms with Crippen molar-refractivity contribution >= 4 is 29.2 Å². The summed E-state index contributed by atoms with van der Waals surface area (Å²) in [5.41, 5.74) is 0.533. The molecule has 2 fully saturated rings. The molecule has 3 heterocycles. The van der Waals surface area contributed by atoms with E-state index >= 15 is 0 Å². The molecule has 3 aliphatic rings. The molecule has 188 valence electrons. The summed E-state index contributed by atoms with van der Waals surface area (Å²) in [6.07, 6.45) is 1.71. The molecular formula is C25H26N4O7. The number of nitrogens with zero attached hydrogens (tertiary/aromatic N) is 3. The van der Waals surface area contributed by atoms with Crippen LogP contribution in [0.25, 0.3) is 0 Å². The minimum absolute atomic E-state index is 0.00398. The molecule has 0 bridgehead atoms. The van der Waals surface area contributed by atoms with Crippen LogP contribution in [0, 0.1) is 15.5 Å². The number of nitro benzene ring substituents is 1. The second kappa shape index (κ2) is 8.81. The van der Waals surface area contributed by atoms with E-state index in [-0.39, 0.29) is 18.7 Å². The van der Waals surface area contributed by atoms with E-state index in [0.717, 1.165) is 22.6 Å². The number of fused-ring (bicyclic) bond motifs is 4. The van der Waals surface area contributed by atoms with Crippen molar-refractivity contribution in [2.24, 2.45) is 5.41 Å². The predicted molar refractivity (Wildman–Crippen MR) is 128 cm³/mol. The van der Waals surface area contributed by atoms with Gasteiger partial charge in [-0.2, -0.15) is 0 Å². The highest BCUT2D eigenvalue weighted by Gasteiger charge is 2.62. The van der Waals surface area contributed by atoms with E-state index < -0.39 is 34.2 Å². The fourth-order valence-corrected chi connectivity index (χ4v) is 5.73. The highest BCUT2D eigenvalue weighted by atomic mass is 16.6. The normalized spacial score (nSPS) is 22.8. The Morgan fingerprint density at radius 2 is 1.89 bits per heavy atom. The Labute approximate surface area is 207 Å². The topological polar surface area (TPSA) is 131 Å². The van der Waals surface area contributed by atoms with Crippen LogP contribution in [0.5, 0.6) is 11.5 Å². The van der Waals surface area contributed by atoms with Gasteiger partial charge in [0.15, 0.2) is 16.9 Å². The van der Waals surface area contributed by atoms with Crippen molar-refractivity contribution in [3.8, 4) is 11.5 Å². The molecule has 11 nitrogen and oxygen atoms in total. The molecule has 2 aromatic carbocycles. The van der Waals surface area contributed by atoms with Gasteiger partial charge in [0.05, 0.1) is 25.2 Å². The Morgan fingerprint density at radius 1 is 1.11 bits per heavy atom. The van der Waals surface area contributed by atoms with Gasteiger partial charge >= 0.3 is 6.03 Å². The average Bonchev–Trinajstić information content (AvgIpc) is 3.37. The van der Waals surface area contributed by atoms with Crippen molar-refractivity contribution in [1.82, 2.24) is 10.2 Å². The number of non-ortho nitro benzene ring substituents is 1. The summed E-state index contributed by atoms with van der Waals surface area (Å²) in [5.74, 6) is -0.114. The van der Waals surface area contributed by atoms with E-state index in [2.05, 4.69) is 5.32 Å². The van der Waals surface area contributed by atoms with Crippen LogP contribution < -0.4 is 19.7 Å². The van der Waals surface area contributed by atoms with E-state index in [1.165, 1.54) is 26.4 Å². The van der Waals surface area contributed by atoms with Crippen LogP contribution in [0.3, 0.4) is 0 Å². The maximum absolute atomic E-state index is 14.0. The van der Waals surface area contributed by atoms with Crippen LogP contribution in [0.15, 0.2) is 36.4 Å². The van der Waals surface area contributed by atoms with Gasteiger partial charge in [-0.25, -0.2) is 4.79 Å². The molecule has 0 aromatic heterocycles. The van der Waals surface area contributed by atoms with Gasteiger partial charge in [0.25, 0.3) is 5.69 Å². The molecule has 0 aliphatic carbocycles. The SMILES string of the molecule is COc1ccc(CCN2C(=O)NC(=O)[C@]3(Cc4cc([N+](=O)[O-])ccc4N4CCC[C@@H]43)C2=O)cc1OC. The number of carbonyl (C=O) groups excluding carboxylic acids is 3. The molecule has 0 saturated carbocycles. The number of nitrogens with one attached hydrogen (secondary N) is 1. The van der Waals surface area contributed by atoms with Crippen molar-refractivity contribution in [3.63, 3.8) is 0 Å². The number of carbonyl (C=O) groups is 3. The molecular weight excluding hydrogens is 468 g/mol. The standard InChI is InChI=1S/C25H26N4O7/c1-35-19-8-5-15(12-20(19)36-2)9-11-28-23(31)25(22(30)26-24(28)32)14-16-13-17(29(33)34)6-7-18(16)27-10-3-4-21(25)27/h5-8,12-13,21H,3-4,9-11,14H2,1-2H3,(H,26,30,32)/t21-,25-/m1/s1. The number of hydrogen-bond donors (Lipinski definition) is 1. The number of amides is 4. The highest BCUT2D eigenvalue weighted by Crippen LogP contribution is 2.49. The molecule has 0 unspecified atom stereocenters. The smallest absolute Gasteiger partial charge is 0.330 e. The molecule has 5 rings (SSSR count). The molecule has 1 spiro atoms. The quantitative estimate of drug-likeness (QED) is 0.368. The van der Waals surface area contributed by atoms with Crippen molar-refractivity contribution < 1.29 is 28.8 Å². The number of rotatable bonds is 6. The van der Waals surface area contributed by atoms with Gasteiger partial charge in [0.2, 0.25) is 11.8 Å². The monoisotopic (exact) mass is 494 g/mol. The third-order valence-electron chi connectivity index (χ3n) is 7.44. The van der Waals surface area contributed by atoms with Crippen molar-refractivity contribution in [3.05, 3.63) is 57.6 Å². The maximum atomic E-state index is 14.0. The zero-order chi connectivity index (χ0) is 25.6. The molecule has 4 amide bonds. The van der Waals surface area contributed by atoms with Crippen LogP contribution in [-0.2, 0) is 22.4 Å². The van der Waals surface area contributed by atoms with Gasteiger partial charge < -0.3 is 14.4 Å². The van der Waals surface area contributed by atoms with Gasteiger partial charge in [0.1, 0.15) is 0 Å². The van der Waals surface area contributed by atoms with Gasteiger partial charge in [-0.3, -0.25) is 29.9 Å². The zero-order valence-electron chi connectivity index (χ0n) is 20.0. The van der Waals surface area contributed by atoms with Crippen molar-refractivity contribution in [1.29, 1.82) is 0 Å². The number of anilines is 1. The molecule has 3 aliphatic heterocycles. The van der Waals surface area contributed by atoms with E-state index in [1.807, 2.05) is 11.0 Å². The predicted octanol–water partition coefficient (Wildman–Crippen LogP) is 2.44. The largest absolute Gasteiger partial charge is 0.493 e. The number of urea groups is 1. The Balaban J connectivity index is 1.48. The molecule has 11 heteroatoms. The Kier molecular flexibility index (Phi) is 5.77. The van der Waals surface area contributed by atoms with Crippen molar-refractivity contribution in [2.75, 3.05) is 32.2 Å². The summed E-state index contributed by atoms with van der Waals surface area (Å²) in [5, 5.41) is 13.8. The number of nitro groups is 1. The first kappa shape index (κ1) is 23.6. The molecule has 2 aromatic rings. The summed E-state index contributed by atoms with van der Waals surface area (Å²) in [4.78, 5) is 54.1. The Hall–Kier alpha value is -4.15. The third-order valence-corrected chi connectivity index (χ3v) is 7.44. The molecule has 1 N–H and O–H groups in total. The van der Waals surface area contributed by atoms with E-state index in [0.29, 0.717) is 36.4 Å². The van der Waals surface area contributed by atoms with Crippen LogP contribution >= 0.6 is 0 Å². The first-order valence-electron chi connectivity index (χ1n) is 11.7. The number of barbiturate groups is 1. The van der Waals surface area contributed by atoms with Crippen LogP contribution in [0.2, 0.25) is 0 Å². The van der Waals surface area contributed by atoms with E-state index in [9.17, 15) is 24.5 Å². The Morgan fingerprint density at radius 3 is 2.61 bits per heavy atom. The average molecular weight is 495 g/mol. The van der Waals surface area contributed by atoms with Crippen molar-refractivity contribution in [2.45, 2.75) is 31.7 Å². The van der Waals surface area contributed by atoms with Crippen LogP contribution in [-0.4, -0.2) is 61.0 Å². The lowest BCUT2D eigenvalue weighted by atomic mass is 9.68. The molecule has 2 atom stereocenters. The number of imide groups is 2. The van der Waals surface area contributed by atoms with Gasteiger partial charge in [-0.1, -0.05) is 6.07 Å². The first-order chi connectivity index (χ1) is 17.3. The number of ether oxygens (including phenoxy) is 2. The lowest BCUT2D eigenvalue weighted by molar-refractivity contribution is -0.384. The minimum Gasteiger partial charge on any atom is -0.493 e. The summed E-state index contributed by atoms with van der Waals surface area (Å²) >= 11 is 0. The van der Waals surface area contributed by atoms with E-state index in [4.69, 9.17) is 9.47 Å². The second-order valence-electron chi connectivity index (χ2n) is 9.23. The molecule has 2 saturated heterocycles. The van der Waals surface area contributed by atoms with E-state index in [1.54, 1.807) is 18.2 Å². The summed E-state index contributed by atoms with van der Waals surface area (Å²) < 4.78 is 10.6. The fourth-order valence-electron chi connectivity index (χ4n) is 5.73. The lowest BCUT2D eigenvalue weighted by Crippen LogP contribution is -2.71. The van der Waals surface area contributed by atoms with Gasteiger partial charge in [-0.15, -0.1) is 0 Å². The fraction of sp³-hybridized carbons (Fsp3) is 0.400. The number of hydrogen-bond acceptors (Lipinski definition) is 8. The molecule has 36 heavy (non-hydrogen) atoms. The molecule has 0 radical (unpaired) electrons. The van der Waals surface area contributed by atoms with Gasteiger partial charge in [-0.05, 0) is 48.6 Å². The maximum Gasteiger partial charge on any atom is 0.330 e. The first-order valence-corrected chi connectivity index (χ1v) is 11.7. The highest BCUT2D eigenvalue weighted by molar-refractivity contribution is 6.20. The minimum atomic E-state index is -1.54. The zero-order valence-corrected chi connectivity index (χ0v) is 20.0. The van der Waals surface area contributed by atoms with Crippen LogP contribution in [0.1, 0.15) is 24.0 Å². The summed E-state index contributed by atoms with van der Waals surface area (Å²) in [6, 6.07) is 8.71. The number of methoxy groups -OCH3 is 2. The van der Waals surface area contributed by atoms with Gasteiger partial charge in [0, 0.05) is 37.3 Å². The summed E-state index contributed by atoms with van der Waals surface area (Å²) in [6.45, 7) is 0.682. The number of benzene rings is 2. The van der Waals surface area contributed by atoms with Crippen LogP contribution in [0.4, 0.5) is 16.2 Å². The lowest BCUT2D eigenvalue weighted by Gasteiger charge is -2.49.